The molecule has 0 amide bonds. The topological polar surface area (TPSA) is 94.9 Å². The van der Waals surface area contributed by atoms with Crippen molar-refractivity contribution < 1.29 is 26.6 Å². The molecule has 0 saturated carbocycles. The van der Waals surface area contributed by atoms with Crippen LogP contribution < -0.4 is 4.74 Å². The lowest BCUT2D eigenvalue weighted by atomic mass is 10.2. The molecule has 168 valence electrons. The zero-order valence-corrected chi connectivity index (χ0v) is 18.1. The second-order valence-corrected chi connectivity index (χ2v) is 9.52. The lowest BCUT2D eigenvalue weighted by Gasteiger charge is -2.07. The van der Waals surface area contributed by atoms with Crippen LogP contribution in [0.15, 0.2) is 51.5 Å². The van der Waals surface area contributed by atoms with Crippen LogP contribution in [-0.4, -0.2) is 37.1 Å². The zero-order chi connectivity index (χ0) is 23.1. The Labute approximate surface area is 181 Å². The molecule has 4 aromatic rings. The Kier molecular flexibility index (Phi) is 5.41. The summed E-state index contributed by atoms with van der Waals surface area (Å²) in [6, 6.07) is 10.2. The van der Waals surface area contributed by atoms with Crippen molar-refractivity contribution in [1.29, 1.82) is 0 Å². The lowest BCUT2D eigenvalue weighted by molar-refractivity contribution is -0.159. The van der Waals surface area contributed by atoms with Gasteiger partial charge in [-0.05, 0) is 36.8 Å². The monoisotopic (exact) mass is 465 g/mol. The van der Waals surface area contributed by atoms with Crippen LogP contribution in [0.3, 0.4) is 0 Å². The van der Waals surface area contributed by atoms with E-state index in [-0.39, 0.29) is 11.6 Å². The van der Waals surface area contributed by atoms with Crippen LogP contribution in [0, 0.1) is 6.92 Å². The van der Waals surface area contributed by atoms with Gasteiger partial charge in [0.1, 0.15) is 11.4 Å². The van der Waals surface area contributed by atoms with Gasteiger partial charge in [0.15, 0.2) is 5.82 Å². The highest BCUT2D eigenvalue weighted by molar-refractivity contribution is 7.92. The molecular weight excluding hydrogens is 447 g/mol. The van der Waals surface area contributed by atoms with Gasteiger partial charge in [0, 0.05) is 18.0 Å². The number of fused-ring (bicyclic) bond motifs is 1. The van der Waals surface area contributed by atoms with E-state index in [2.05, 4.69) is 24.0 Å². The molecule has 1 unspecified atom stereocenters. The molecule has 8 nitrogen and oxygen atoms in total. The van der Waals surface area contributed by atoms with Gasteiger partial charge in [-0.1, -0.05) is 17.3 Å². The Balaban J connectivity index is 1.68. The molecule has 1 aromatic carbocycles. The van der Waals surface area contributed by atoms with Gasteiger partial charge < -0.3 is 9.26 Å². The number of imidazole rings is 1. The van der Waals surface area contributed by atoms with Crippen LogP contribution in [0.25, 0.3) is 17.0 Å². The third-order valence-electron chi connectivity index (χ3n) is 4.57. The molecule has 3 heterocycles. The van der Waals surface area contributed by atoms with Gasteiger partial charge >= 0.3 is 12.1 Å². The number of hydrogen-bond acceptors (Lipinski definition) is 7. The predicted molar refractivity (Wildman–Crippen MR) is 111 cm³/mol. The first-order chi connectivity index (χ1) is 15.1. The normalized spacial score (nSPS) is 13.8. The van der Waals surface area contributed by atoms with Crippen LogP contribution in [0.4, 0.5) is 19.0 Å². The maximum atomic E-state index is 13.2. The van der Waals surface area contributed by atoms with Crippen molar-refractivity contribution in [3.63, 3.8) is 0 Å². The van der Waals surface area contributed by atoms with Gasteiger partial charge in [-0.2, -0.15) is 22.5 Å². The highest BCUT2D eigenvalue weighted by Crippen LogP contribution is 2.30. The molecule has 32 heavy (non-hydrogen) atoms. The summed E-state index contributed by atoms with van der Waals surface area (Å²) in [5.74, 6) is -0.308. The van der Waals surface area contributed by atoms with E-state index in [9.17, 15) is 17.4 Å². The van der Waals surface area contributed by atoms with Crippen molar-refractivity contribution in [1.82, 2.24) is 19.5 Å². The summed E-state index contributed by atoms with van der Waals surface area (Å²) in [6.45, 7) is 1.71. The molecule has 0 aliphatic heterocycles. The maximum Gasteiger partial charge on any atom is 0.471 e. The first-order valence-corrected chi connectivity index (χ1v) is 11.4. The Morgan fingerprint density at radius 3 is 2.53 bits per heavy atom. The van der Waals surface area contributed by atoms with E-state index >= 15 is 0 Å². The molecule has 0 radical (unpaired) electrons. The molecule has 12 heteroatoms. The largest absolute Gasteiger partial charge is 0.497 e. The molecule has 0 aliphatic carbocycles. The summed E-state index contributed by atoms with van der Waals surface area (Å²) >= 11 is 0. The summed E-state index contributed by atoms with van der Waals surface area (Å²) < 4.78 is 66.8. The van der Waals surface area contributed by atoms with Gasteiger partial charge in [-0.25, -0.2) is 9.19 Å². The van der Waals surface area contributed by atoms with Crippen molar-refractivity contribution in [3.05, 3.63) is 59.7 Å². The summed E-state index contributed by atoms with van der Waals surface area (Å²) in [6.07, 6.45) is -1.60. The van der Waals surface area contributed by atoms with Crippen LogP contribution in [0.5, 0.6) is 5.75 Å². The van der Waals surface area contributed by atoms with Gasteiger partial charge in [0.05, 0.1) is 28.3 Å². The zero-order valence-electron chi connectivity index (χ0n) is 17.3. The Morgan fingerprint density at radius 2 is 1.91 bits per heavy atom. The van der Waals surface area contributed by atoms with Gasteiger partial charge in [-0.3, -0.25) is 4.40 Å². The SMILES string of the molecule is COc1ccc(CS(C)(=O)=Nc2c(C)nc3cc(-c4noc(C(F)(F)F)n4)ccn23)cc1. The van der Waals surface area contributed by atoms with Gasteiger partial charge in [0.25, 0.3) is 0 Å². The molecule has 0 spiro atoms. The van der Waals surface area contributed by atoms with Crippen molar-refractivity contribution in [2.75, 3.05) is 13.4 Å². The van der Waals surface area contributed by atoms with Crippen LogP contribution >= 0.6 is 0 Å². The van der Waals surface area contributed by atoms with E-state index in [1.54, 1.807) is 43.0 Å². The number of benzene rings is 1. The van der Waals surface area contributed by atoms with Crippen molar-refractivity contribution in [2.24, 2.45) is 4.36 Å². The molecule has 0 saturated heterocycles. The highest BCUT2D eigenvalue weighted by Gasteiger charge is 2.38. The third kappa shape index (κ3) is 4.44. The number of hydrogen-bond donors (Lipinski definition) is 0. The quantitative estimate of drug-likeness (QED) is 0.426. The molecule has 0 bridgehead atoms. The number of aromatic nitrogens is 4. The standard InChI is InChI=1S/C20H18F3N5O3S/c1-12-18(27-32(3,29)11-13-4-6-15(30-2)7-5-13)28-9-8-14(10-16(28)24-12)17-25-19(31-26-17)20(21,22)23/h4-10H,11H2,1-3H3. The lowest BCUT2D eigenvalue weighted by Crippen LogP contribution is -2.04. The summed E-state index contributed by atoms with van der Waals surface area (Å²) in [4.78, 5) is 7.78. The number of nitrogens with zero attached hydrogens (tertiary/aromatic N) is 5. The molecule has 0 fully saturated rings. The van der Waals surface area contributed by atoms with Crippen molar-refractivity contribution in [3.8, 4) is 17.1 Å². The van der Waals surface area contributed by atoms with Crippen molar-refractivity contribution in [2.45, 2.75) is 18.9 Å². The van der Waals surface area contributed by atoms with E-state index in [0.29, 0.717) is 28.5 Å². The van der Waals surface area contributed by atoms with Gasteiger partial charge in [-0.15, -0.1) is 0 Å². The highest BCUT2D eigenvalue weighted by atomic mass is 32.2. The maximum absolute atomic E-state index is 13.2. The minimum absolute atomic E-state index is 0.210. The van der Waals surface area contributed by atoms with E-state index in [0.717, 1.165) is 5.56 Å². The number of ether oxygens (including phenoxy) is 1. The molecule has 0 aliphatic rings. The van der Waals surface area contributed by atoms with Crippen molar-refractivity contribution >= 4 is 21.2 Å². The number of rotatable bonds is 5. The van der Waals surface area contributed by atoms with E-state index in [1.165, 1.54) is 12.1 Å². The number of methoxy groups -OCH3 is 1. The first kappa shape index (κ1) is 21.8. The first-order valence-electron chi connectivity index (χ1n) is 9.28. The molecule has 0 N–H and O–H groups in total. The summed E-state index contributed by atoms with van der Waals surface area (Å²) in [7, 11) is -1.09. The fourth-order valence-electron chi connectivity index (χ4n) is 3.10. The van der Waals surface area contributed by atoms with E-state index in [1.807, 2.05) is 12.1 Å². The summed E-state index contributed by atoms with van der Waals surface area (Å²) in [5, 5.41) is 3.39. The summed E-state index contributed by atoms with van der Waals surface area (Å²) in [5.41, 5.74) is 2.06. The fourth-order valence-corrected chi connectivity index (χ4v) is 4.56. The smallest absolute Gasteiger partial charge is 0.471 e. The number of pyridine rings is 1. The second kappa shape index (κ2) is 7.93. The molecule has 3 aromatic heterocycles. The van der Waals surface area contributed by atoms with Crippen LogP contribution in [-0.2, 0) is 21.7 Å². The van der Waals surface area contributed by atoms with Crippen LogP contribution in [0.2, 0.25) is 0 Å². The molecule has 1 atom stereocenters. The Morgan fingerprint density at radius 1 is 1.19 bits per heavy atom. The Bertz CT molecular complexity index is 1400. The number of aryl methyl sites for hydroxylation is 1. The number of alkyl halides is 3. The minimum atomic E-state index is -4.73. The fraction of sp³-hybridized carbons (Fsp3) is 0.250. The van der Waals surface area contributed by atoms with E-state index in [4.69, 9.17) is 4.74 Å². The molecular formula is C20H18F3N5O3S. The minimum Gasteiger partial charge on any atom is -0.497 e. The molecule has 4 rings (SSSR count). The predicted octanol–water partition coefficient (Wildman–Crippen LogP) is 4.65. The van der Waals surface area contributed by atoms with E-state index < -0.39 is 21.8 Å². The van der Waals surface area contributed by atoms with Crippen LogP contribution in [0.1, 0.15) is 17.1 Å². The van der Waals surface area contributed by atoms with Gasteiger partial charge in [0.2, 0.25) is 5.82 Å². The average Bonchev–Trinajstić information content (AvgIpc) is 3.33. The third-order valence-corrected chi connectivity index (χ3v) is 6.00. The average molecular weight is 465 g/mol. The Hall–Kier alpha value is -3.41. The second-order valence-electron chi connectivity index (χ2n) is 7.13. The number of halogens is 3.